The van der Waals surface area contributed by atoms with E-state index in [0.29, 0.717) is 11.8 Å². The summed E-state index contributed by atoms with van der Waals surface area (Å²) in [6.07, 6.45) is 0. The molecule has 0 atom stereocenters. The zero-order valence-corrected chi connectivity index (χ0v) is 11.5. The van der Waals surface area contributed by atoms with Gasteiger partial charge in [-0.05, 0) is 23.6 Å². The summed E-state index contributed by atoms with van der Waals surface area (Å²) < 4.78 is 0. The van der Waals surface area contributed by atoms with E-state index >= 15 is 0 Å². The molecule has 1 heterocycles. The van der Waals surface area contributed by atoms with Gasteiger partial charge in [-0.25, -0.2) is 4.98 Å². The van der Waals surface area contributed by atoms with Crippen LogP contribution in [0.25, 0.3) is 0 Å². The normalized spacial score (nSPS) is 10.8. The molecular formula is C13H15ClN2S. The molecule has 0 saturated heterocycles. The first-order valence-electron chi connectivity index (χ1n) is 5.56. The molecule has 1 aromatic carbocycles. The fourth-order valence-electron chi connectivity index (χ4n) is 1.50. The lowest BCUT2D eigenvalue weighted by Gasteiger charge is -2.07. The average Bonchev–Trinajstić information content (AvgIpc) is 2.77. The van der Waals surface area contributed by atoms with Crippen molar-refractivity contribution in [3.05, 3.63) is 40.9 Å². The monoisotopic (exact) mass is 266 g/mol. The van der Waals surface area contributed by atoms with E-state index < -0.39 is 0 Å². The molecule has 0 unspecified atom stereocenters. The van der Waals surface area contributed by atoms with Gasteiger partial charge in [0.15, 0.2) is 5.13 Å². The second-order valence-corrected chi connectivity index (χ2v) is 5.30. The molecule has 0 aliphatic heterocycles. The van der Waals surface area contributed by atoms with Gasteiger partial charge in [0, 0.05) is 11.1 Å². The fraction of sp³-hybridized carbons (Fsp3) is 0.308. The summed E-state index contributed by atoms with van der Waals surface area (Å²) in [4.78, 5) is 4.36. The van der Waals surface area contributed by atoms with E-state index in [1.807, 2.05) is 5.38 Å². The number of hydrogen-bond acceptors (Lipinski definition) is 3. The van der Waals surface area contributed by atoms with Crippen LogP contribution in [0.2, 0.25) is 0 Å². The highest BCUT2D eigenvalue weighted by Crippen LogP contribution is 2.23. The molecular weight excluding hydrogens is 252 g/mol. The quantitative estimate of drug-likeness (QED) is 0.808. The molecule has 2 aromatic rings. The molecule has 90 valence electrons. The number of thiazole rings is 1. The fourth-order valence-corrected chi connectivity index (χ4v) is 2.46. The van der Waals surface area contributed by atoms with Gasteiger partial charge in [0.1, 0.15) is 0 Å². The Kier molecular flexibility index (Phi) is 4.02. The Labute approximate surface area is 111 Å². The number of rotatable bonds is 4. The molecule has 4 heteroatoms. The minimum Gasteiger partial charge on any atom is -0.332 e. The number of aromatic nitrogens is 1. The van der Waals surface area contributed by atoms with Gasteiger partial charge < -0.3 is 5.32 Å². The van der Waals surface area contributed by atoms with Crippen molar-refractivity contribution in [1.29, 1.82) is 0 Å². The van der Waals surface area contributed by atoms with Crippen molar-refractivity contribution in [2.75, 3.05) is 5.32 Å². The van der Waals surface area contributed by atoms with E-state index in [2.05, 4.69) is 48.4 Å². The van der Waals surface area contributed by atoms with Crippen LogP contribution >= 0.6 is 22.9 Å². The van der Waals surface area contributed by atoms with E-state index in [1.165, 1.54) is 5.56 Å². The van der Waals surface area contributed by atoms with Crippen LogP contribution in [0.3, 0.4) is 0 Å². The maximum Gasteiger partial charge on any atom is 0.187 e. The van der Waals surface area contributed by atoms with Crippen LogP contribution in [0.5, 0.6) is 0 Å². The smallest absolute Gasteiger partial charge is 0.187 e. The minimum absolute atomic E-state index is 0.463. The number of benzene rings is 1. The molecule has 2 rings (SSSR count). The van der Waals surface area contributed by atoms with Crippen molar-refractivity contribution < 1.29 is 0 Å². The Morgan fingerprint density at radius 3 is 2.53 bits per heavy atom. The summed E-state index contributed by atoms with van der Waals surface area (Å²) in [5.74, 6) is 1.02. The van der Waals surface area contributed by atoms with Gasteiger partial charge in [0.25, 0.3) is 0 Å². The summed E-state index contributed by atoms with van der Waals surface area (Å²) in [6.45, 7) is 4.38. The van der Waals surface area contributed by atoms with Gasteiger partial charge in [0.2, 0.25) is 0 Å². The molecule has 0 aliphatic carbocycles. The molecule has 0 saturated carbocycles. The predicted octanol–water partition coefficient (Wildman–Crippen LogP) is 4.75. The molecule has 17 heavy (non-hydrogen) atoms. The highest BCUT2D eigenvalue weighted by atomic mass is 35.5. The van der Waals surface area contributed by atoms with Gasteiger partial charge >= 0.3 is 0 Å². The minimum atomic E-state index is 0.463. The Morgan fingerprint density at radius 1 is 1.29 bits per heavy atom. The van der Waals surface area contributed by atoms with Crippen LogP contribution in [0.4, 0.5) is 10.8 Å². The average molecular weight is 267 g/mol. The Balaban J connectivity index is 2.08. The van der Waals surface area contributed by atoms with Gasteiger partial charge in [-0.15, -0.1) is 22.9 Å². The number of alkyl halides is 1. The number of nitrogens with one attached hydrogen (secondary N) is 1. The van der Waals surface area contributed by atoms with Crippen molar-refractivity contribution in [2.45, 2.75) is 25.6 Å². The summed E-state index contributed by atoms with van der Waals surface area (Å²) in [5, 5.41) is 6.13. The third-order valence-electron chi connectivity index (χ3n) is 2.52. The standard InChI is InChI=1S/C13H15ClN2S/c1-9(2)10-3-5-11(6-4-10)15-13-16-12(7-14)8-17-13/h3-6,8-9H,7H2,1-2H3,(H,15,16). The second-order valence-electron chi connectivity index (χ2n) is 4.18. The van der Waals surface area contributed by atoms with Crippen LogP contribution in [-0.4, -0.2) is 4.98 Å². The number of nitrogens with zero attached hydrogens (tertiary/aromatic N) is 1. The Bertz CT molecular complexity index is 476. The lowest BCUT2D eigenvalue weighted by atomic mass is 10.0. The number of hydrogen-bond donors (Lipinski definition) is 1. The topological polar surface area (TPSA) is 24.9 Å². The lowest BCUT2D eigenvalue weighted by Crippen LogP contribution is -1.91. The van der Waals surface area contributed by atoms with Gasteiger partial charge in [-0.2, -0.15) is 0 Å². The van der Waals surface area contributed by atoms with E-state index in [9.17, 15) is 0 Å². The Morgan fingerprint density at radius 2 is 2.00 bits per heavy atom. The largest absolute Gasteiger partial charge is 0.332 e. The van der Waals surface area contributed by atoms with E-state index in [1.54, 1.807) is 11.3 Å². The molecule has 1 N–H and O–H groups in total. The molecule has 0 amide bonds. The number of halogens is 1. The van der Waals surface area contributed by atoms with Crippen LogP contribution in [0.15, 0.2) is 29.6 Å². The van der Waals surface area contributed by atoms with E-state index in [-0.39, 0.29) is 0 Å². The first-order valence-corrected chi connectivity index (χ1v) is 6.98. The third kappa shape index (κ3) is 3.20. The second kappa shape index (κ2) is 5.52. The summed E-state index contributed by atoms with van der Waals surface area (Å²) in [6, 6.07) is 8.44. The zero-order valence-electron chi connectivity index (χ0n) is 9.90. The first-order chi connectivity index (χ1) is 8.19. The van der Waals surface area contributed by atoms with Crippen molar-refractivity contribution in [3.63, 3.8) is 0 Å². The maximum atomic E-state index is 5.72. The van der Waals surface area contributed by atoms with Gasteiger partial charge in [-0.1, -0.05) is 26.0 Å². The van der Waals surface area contributed by atoms with Crippen LogP contribution < -0.4 is 5.32 Å². The van der Waals surface area contributed by atoms with Crippen molar-refractivity contribution >= 4 is 33.8 Å². The molecule has 0 fully saturated rings. The Hall–Kier alpha value is -1.06. The highest BCUT2D eigenvalue weighted by Gasteiger charge is 2.02. The van der Waals surface area contributed by atoms with Crippen LogP contribution in [-0.2, 0) is 5.88 Å². The third-order valence-corrected chi connectivity index (χ3v) is 3.60. The lowest BCUT2D eigenvalue weighted by molar-refractivity contribution is 0.867. The predicted molar refractivity (Wildman–Crippen MR) is 75.5 cm³/mol. The van der Waals surface area contributed by atoms with Crippen molar-refractivity contribution in [2.24, 2.45) is 0 Å². The molecule has 0 radical (unpaired) electrons. The van der Waals surface area contributed by atoms with Crippen LogP contribution in [0.1, 0.15) is 31.0 Å². The van der Waals surface area contributed by atoms with Crippen molar-refractivity contribution in [1.82, 2.24) is 4.98 Å². The molecule has 0 aliphatic rings. The SMILES string of the molecule is CC(C)c1ccc(Nc2nc(CCl)cs2)cc1. The van der Waals surface area contributed by atoms with E-state index in [0.717, 1.165) is 16.5 Å². The number of anilines is 2. The summed E-state index contributed by atoms with van der Waals surface area (Å²) in [7, 11) is 0. The highest BCUT2D eigenvalue weighted by molar-refractivity contribution is 7.13. The summed E-state index contributed by atoms with van der Waals surface area (Å²) in [5.41, 5.74) is 3.32. The molecule has 0 spiro atoms. The maximum absolute atomic E-state index is 5.72. The first kappa shape index (κ1) is 12.4. The van der Waals surface area contributed by atoms with Gasteiger partial charge in [-0.3, -0.25) is 0 Å². The summed E-state index contributed by atoms with van der Waals surface area (Å²) >= 11 is 7.29. The van der Waals surface area contributed by atoms with Crippen LogP contribution in [0, 0.1) is 0 Å². The molecule has 1 aromatic heterocycles. The van der Waals surface area contributed by atoms with Crippen molar-refractivity contribution in [3.8, 4) is 0 Å². The van der Waals surface area contributed by atoms with E-state index in [4.69, 9.17) is 11.6 Å². The zero-order chi connectivity index (χ0) is 12.3. The molecule has 2 nitrogen and oxygen atoms in total. The molecule has 0 bridgehead atoms. The van der Waals surface area contributed by atoms with Gasteiger partial charge in [0.05, 0.1) is 11.6 Å².